The van der Waals surface area contributed by atoms with Crippen LogP contribution in [-0.4, -0.2) is 82.3 Å². The summed E-state index contributed by atoms with van der Waals surface area (Å²) in [6.07, 6.45) is -3.36. The number of alkyl halides is 3. The summed E-state index contributed by atoms with van der Waals surface area (Å²) in [5, 5.41) is 10.2. The molecule has 5 rings (SSSR count). The van der Waals surface area contributed by atoms with E-state index in [-0.39, 0.29) is 43.8 Å². The lowest BCUT2D eigenvalue weighted by molar-refractivity contribution is -0.164. The topological polar surface area (TPSA) is 116 Å². The summed E-state index contributed by atoms with van der Waals surface area (Å²) in [4.78, 5) is 47.1. The van der Waals surface area contributed by atoms with Gasteiger partial charge in [-0.1, -0.05) is 30.3 Å². The molecule has 0 bridgehead atoms. The first kappa shape index (κ1) is 35.4. The number of likely N-dealkylation sites (tertiary alicyclic amines) is 1. The van der Waals surface area contributed by atoms with E-state index in [1.54, 1.807) is 62.4 Å². The average Bonchev–Trinajstić information content (AvgIpc) is 3.30. The molecule has 1 aromatic heterocycles. The van der Waals surface area contributed by atoms with Crippen molar-refractivity contribution in [1.29, 1.82) is 0 Å². The summed E-state index contributed by atoms with van der Waals surface area (Å²) in [6, 6.07) is 15.4. The molecule has 3 amide bonds. The highest BCUT2D eigenvalue weighted by Crippen LogP contribution is 2.39. The Labute approximate surface area is 279 Å². The monoisotopic (exact) mass is 686 g/mol. The van der Waals surface area contributed by atoms with Crippen molar-refractivity contribution in [3.05, 3.63) is 95.8 Å². The number of hydrogen-bond acceptors (Lipinski definition) is 7. The zero-order chi connectivity index (χ0) is 35.4. The number of para-hydroxylation sites is 1. The number of aromatic nitrogens is 1. The maximum Gasteiger partial charge on any atom is 0.408 e. The molecule has 0 radical (unpaired) electrons. The Morgan fingerprint density at radius 1 is 1.04 bits per heavy atom. The van der Waals surface area contributed by atoms with E-state index < -0.39 is 65.7 Å². The van der Waals surface area contributed by atoms with Gasteiger partial charge in [-0.2, -0.15) is 18.3 Å². The third kappa shape index (κ3) is 8.39. The van der Waals surface area contributed by atoms with Crippen LogP contribution in [0.2, 0.25) is 0 Å². The first-order valence-corrected chi connectivity index (χ1v) is 15.5. The molecule has 2 unspecified atom stereocenters. The van der Waals surface area contributed by atoms with Crippen LogP contribution in [0.15, 0.2) is 78.0 Å². The molecule has 2 atom stereocenters. The van der Waals surface area contributed by atoms with Gasteiger partial charge in [-0.15, -0.1) is 0 Å². The van der Waals surface area contributed by atoms with Crippen molar-refractivity contribution in [2.45, 2.75) is 51.1 Å². The van der Waals surface area contributed by atoms with Gasteiger partial charge in [0.2, 0.25) is 11.8 Å². The van der Waals surface area contributed by atoms with Crippen molar-refractivity contribution >= 4 is 29.1 Å². The van der Waals surface area contributed by atoms with Crippen LogP contribution < -0.4 is 10.6 Å². The number of carbonyl (C=O) groups excluding carboxylic acids is 3. The molecule has 1 saturated heterocycles. The summed E-state index contributed by atoms with van der Waals surface area (Å²) in [6.45, 7) is 0.457. The number of nitrogens with zero attached hydrogens (tertiary/aromatic N) is 4. The number of hydrogen-bond donors (Lipinski definition) is 2. The predicted molar refractivity (Wildman–Crippen MR) is 169 cm³/mol. The van der Waals surface area contributed by atoms with E-state index >= 15 is 0 Å². The van der Waals surface area contributed by atoms with Crippen molar-refractivity contribution < 1.29 is 41.1 Å². The Morgan fingerprint density at radius 3 is 2.45 bits per heavy atom. The number of pyridine rings is 1. The number of hydrazone groups is 1. The third-order valence-electron chi connectivity index (χ3n) is 8.33. The second kappa shape index (κ2) is 14.3. The minimum atomic E-state index is -4.72. The van der Waals surface area contributed by atoms with Gasteiger partial charge in [-0.25, -0.2) is 13.8 Å². The SMILES string of the molecule is CC(C)(Nc1ccccc1)C(=O)NC(COCc1ccc(F)cc1F)C(=O)N1CCC2=NN(CC(F)(F)F)C(=O)C2(Cc2ccccn2)C1. The molecule has 3 heterocycles. The Kier molecular flexibility index (Phi) is 10.3. The molecule has 10 nitrogen and oxygen atoms in total. The lowest BCUT2D eigenvalue weighted by Gasteiger charge is -2.40. The van der Waals surface area contributed by atoms with Crippen LogP contribution in [0.4, 0.5) is 27.6 Å². The minimum Gasteiger partial charge on any atom is -0.374 e. The fraction of sp³-hybridized carbons (Fsp3) is 0.382. The molecule has 2 aromatic carbocycles. The fourth-order valence-corrected chi connectivity index (χ4v) is 5.86. The van der Waals surface area contributed by atoms with Gasteiger partial charge in [0.25, 0.3) is 5.91 Å². The van der Waals surface area contributed by atoms with Gasteiger partial charge in [0.05, 0.1) is 18.9 Å². The lowest BCUT2D eigenvalue weighted by atomic mass is 9.74. The summed E-state index contributed by atoms with van der Waals surface area (Å²) in [7, 11) is 0. The number of rotatable bonds is 12. The van der Waals surface area contributed by atoms with Crippen LogP contribution >= 0.6 is 0 Å². The first-order valence-electron chi connectivity index (χ1n) is 15.5. The third-order valence-corrected chi connectivity index (χ3v) is 8.33. The van der Waals surface area contributed by atoms with E-state index in [0.717, 1.165) is 6.07 Å². The van der Waals surface area contributed by atoms with Crippen LogP contribution in [0.25, 0.3) is 0 Å². The van der Waals surface area contributed by atoms with Gasteiger partial charge in [-0.05, 0) is 44.2 Å². The van der Waals surface area contributed by atoms with Gasteiger partial charge >= 0.3 is 6.18 Å². The van der Waals surface area contributed by atoms with E-state index in [2.05, 4.69) is 20.7 Å². The van der Waals surface area contributed by atoms with Crippen LogP contribution in [0, 0.1) is 17.0 Å². The Balaban J connectivity index is 1.40. The van der Waals surface area contributed by atoms with Crippen LogP contribution in [0.3, 0.4) is 0 Å². The molecule has 0 spiro atoms. The number of piperidine rings is 1. The maximum atomic E-state index is 14.3. The standard InChI is InChI=1S/C34H35F5N6O4/c1-32(2,42-24-8-4-3-5-9-24)30(47)41-27(19-49-18-22-11-12-23(35)16-26(22)36)29(46)44-15-13-28-33(20-44,17-25-10-6-7-14-40-25)31(48)45(43-28)21-34(37,38)39/h3-12,14,16,27,42H,13,15,17-21H2,1-2H3,(H,41,47). The highest BCUT2D eigenvalue weighted by atomic mass is 19.4. The van der Waals surface area contributed by atoms with Crippen LogP contribution in [0.1, 0.15) is 31.5 Å². The zero-order valence-electron chi connectivity index (χ0n) is 26.8. The smallest absolute Gasteiger partial charge is 0.374 e. The zero-order valence-corrected chi connectivity index (χ0v) is 26.8. The number of ether oxygens (including phenoxy) is 1. The van der Waals surface area contributed by atoms with Crippen LogP contribution in [0.5, 0.6) is 0 Å². The quantitative estimate of drug-likeness (QED) is 0.272. The Hall–Kier alpha value is -4.92. The van der Waals surface area contributed by atoms with Gasteiger partial charge < -0.3 is 20.3 Å². The molecule has 1 fully saturated rings. The Bertz CT molecular complexity index is 1710. The number of nitrogens with one attached hydrogen (secondary N) is 2. The molecule has 2 aliphatic rings. The predicted octanol–water partition coefficient (Wildman–Crippen LogP) is 4.47. The van der Waals surface area contributed by atoms with Crippen molar-refractivity contribution in [3.8, 4) is 0 Å². The summed E-state index contributed by atoms with van der Waals surface area (Å²) >= 11 is 0. The molecule has 2 N–H and O–H groups in total. The average molecular weight is 687 g/mol. The summed E-state index contributed by atoms with van der Waals surface area (Å²) in [5.74, 6) is -3.83. The van der Waals surface area contributed by atoms with E-state index in [4.69, 9.17) is 4.74 Å². The highest BCUT2D eigenvalue weighted by molar-refractivity contribution is 6.14. The van der Waals surface area contributed by atoms with Crippen LogP contribution in [-0.2, 0) is 32.1 Å². The molecule has 0 aliphatic carbocycles. The molecule has 3 aromatic rings. The molecule has 260 valence electrons. The molecule has 2 aliphatic heterocycles. The van der Waals surface area contributed by atoms with Crippen molar-refractivity contribution in [2.24, 2.45) is 10.5 Å². The number of amides is 3. The number of carbonyl (C=O) groups is 3. The molecule has 0 saturated carbocycles. The van der Waals surface area contributed by atoms with Gasteiger partial charge in [0, 0.05) is 55.1 Å². The van der Waals surface area contributed by atoms with Gasteiger partial charge in [-0.3, -0.25) is 19.4 Å². The molecule has 15 heteroatoms. The largest absolute Gasteiger partial charge is 0.408 e. The fourth-order valence-electron chi connectivity index (χ4n) is 5.86. The van der Waals surface area contributed by atoms with E-state index in [0.29, 0.717) is 22.5 Å². The van der Waals surface area contributed by atoms with Crippen molar-refractivity contribution in [3.63, 3.8) is 0 Å². The summed E-state index contributed by atoms with van der Waals surface area (Å²) < 4.78 is 73.7. The number of anilines is 1. The van der Waals surface area contributed by atoms with E-state index in [9.17, 15) is 36.3 Å². The Morgan fingerprint density at radius 2 is 1.78 bits per heavy atom. The second-order valence-corrected chi connectivity index (χ2v) is 12.5. The van der Waals surface area contributed by atoms with Gasteiger partial charge in [0.15, 0.2) is 0 Å². The second-order valence-electron chi connectivity index (χ2n) is 12.5. The summed E-state index contributed by atoms with van der Waals surface area (Å²) in [5.41, 5.74) is -1.61. The van der Waals surface area contributed by atoms with E-state index in [1.807, 2.05) is 0 Å². The maximum absolute atomic E-state index is 14.3. The molecular weight excluding hydrogens is 651 g/mol. The van der Waals surface area contributed by atoms with Crippen molar-refractivity contribution in [1.82, 2.24) is 20.2 Å². The molecule has 49 heavy (non-hydrogen) atoms. The first-order chi connectivity index (χ1) is 23.2. The van der Waals surface area contributed by atoms with Crippen molar-refractivity contribution in [2.75, 3.05) is 31.6 Å². The highest BCUT2D eigenvalue weighted by Gasteiger charge is 2.56. The lowest BCUT2D eigenvalue weighted by Crippen LogP contribution is -2.61. The number of fused-ring (bicyclic) bond motifs is 1. The van der Waals surface area contributed by atoms with Gasteiger partial charge in [0.1, 0.15) is 35.2 Å². The number of halogens is 5. The minimum absolute atomic E-state index is 0.0119. The van der Waals surface area contributed by atoms with E-state index in [1.165, 1.54) is 17.2 Å². The molecular formula is C34H35F5N6O4. The number of benzene rings is 2. The normalized spacial score (nSPS) is 18.5.